The van der Waals surface area contributed by atoms with Crippen molar-refractivity contribution < 1.29 is 9.53 Å². The Bertz CT molecular complexity index is 422. The maximum absolute atomic E-state index is 11.3. The van der Waals surface area contributed by atoms with Crippen LogP contribution in [0.15, 0.2) is 16.8 Å². The van der Waals surface area contributed by atoms with E-state index in [4.69, 9.17) is 10.5 Å². The Morgan fingerprint density at radius 2 is 2.22 bits per heavy atom. The fraction of sp³-hybridized carbons (Fsp3) is 0.692. The van der Waals surface area contributed by atoms with Crippen LogP contribution in [-0.2, 0) is 9.53 Å². The first-order valence-corrected chi connectivity index (χ1v) is 6.63. The van der Waals surface area contributed by atoms with Gasteiger partial charge in [0.25, 0.3) is 5.91 Å². The quantitative estimate of drug-likeness (QED) is 0.742. The minimum Gasteiger partial charge on any atom is -0.379 e. The summed E-state index contributed by atoms with van der Waals surface area (Å²) in [5, 5.41) is 0. The van der Waals surface area contributed by atoms with Crippen molar-refractivity contribution >= 4 is 11.7 Å². The fourth-order valence-corrected chi connectivity index (χ4v) is 3.25. The number of ether oxygens (including phenoxy) is 1. The highest BCUT2D eigenvalue weighted by molar-refractivity contribution is 5.99. The minimum atomic E-state index is -0.430. The van der Waals surface area contributed by atoms with Crippen molar-refractivity contribution in [1.82, 2.24) is 4.90 Å². The number of primary amides is 1. The van der Waals surface area contributed by atoms with Crippen molar-refractivity contribution in [2.45, 2.75) is 25.7 Å². The van der Waals surface area contributed by atoms with Gasteiger partial charge in [0.05, 0.1) is 18.6 Å². The zero-order valence-corrected chi connectivity index (χ0v) is 10.5. The van der Waals surface area contributed by atoms with Gasteiger partial charge in [0, 0.05) is 13.1 Å². The number of carbonyl (C=O) groups is 1. The van der Waals surface area contributed by atoms with Crippen LogP contribution in [-0.4, -0.2) is 42.9 Å². The van der Waals surface area contributed by atoms with Crippen molar-refractivity contribution in [3.63, 3.8) is 0 Å². The van der Waals surface area contributed by atoms with Gasteiger partial charge in [-0.1, -0.05) is 12.8 Å². The molecular formula is C13H19N3O2. The number of hydrogen-bond acceptors (Lipinski definition) is 4. The highest BCUT2D eigenvalue weighted by Crippen LogP contribution is 2.42. The van der Waals surface area contributed by atoms with Crippen LogP contribution in [0.1, 0.15) is 25.7 Å². The van der Waals surface area contributed by atoms with Crippen molar-refractivity contribution in [2.75, 3.05) is 26.3 Å². The molecule has 3 rings (SSSR count). The second-order valence-corrected chi connectivity index (χ2v) is 5.38. The molecule has 0 aromatic heterocycles. The number of aliphatic imine (C=N–C) groups is 1. The van der Waals surface area contributed by atoms with Gasteiger partial charge in [0.15, 0.2) is 0 Å². The van der Waals surface area contributed by atoms with E-state index in [9.17, 15) is 4.79 Å². The largest absolute Gasteiger partial charge is 0.379 e. The van der Waals surface area contributed by atoms with Gasteiger partial charge in [-0.3, -0.25) is 4.79 Å². The van der Waals surface area contributed by atoms with Crippen LogP contribution in [0, 0.1) is 5.41 Å². The summed E-state index contributed by atoms with van der Waals surface area (Å²) in [6, 6.07) is 0. The lowest BCUT2D eigenvalue weighted by Gasteiger charge is -2.36. The molecule has 98 valence electrons. The topological polar surface area (TPSA) is 67.9 Å². The predicted molar refractivity (Wildman–Crippen MR) is 68.0 cm³/mol. The summed E-state index contributed by atoms with van der Waals surface area (Å²) in [5.41, 5.74) is 5.78. The van der Waals surface area contributed by atoms with Gasteiger partial charge in [-0.15, -0.1) is 0 Å². The van der Waals surface area contributed by atoms with Crippen molar-refractivity contribution in [2.24, 2.45) is 16.1 Å². The van der Waals surface area contributed by atoms with Gasteiger partial charge in [-0.2, -0.15) is 0 Å². The van der Waals surface area contributed by atoms with Crippen molar-refractivity contribution in [3.8, 4) is 0 Å². The number of hydrogen-bond donors (Lipinski definition) is 1. The molecule has 1 saturated carbocycles. The van der Waals surface area contributed by atoms with Gasteiger partial charge in [0.1, 0.15) is 11.5 Å². The standard InChI is InChI=1S/C13H19N3O2/c14-11(17)10-3-6-16-7-8-18-9-13(12(16)15-10)4-1-2-5-13/h3H,1-2,4-9H2,(H2,14,17). The second kappa shape index (κ2) is 4.39. The zero-order chi connectivity index (χ0) is 12.6. The maximum atomic E-state index is 11.3. The lowest BCUT2D eigenvalue weighted by molar-refractivity contribution is -0.114. The molecule has 3 aliphatic rings. The molecular weight excluding hydrogens is 230 g/mol. The Balaban J connectivity index is 1.99. The lowest BCUT2D eigenvalue weighted by Crippen LogP contribution is -2.45. The van der Waals surface area contributed by atoms with Crippen LogP contribution in [0.4, 0.5) is 0 Å². The van der Waals surface area contributed by atoms with E-state index in [1.807, 2.05) is 6.08 Å². The minimum absolute atomic E-state index is 0.0193. The van der Waals surface area contributed by atoms with Gasteiger partial charge in [-0.05, 0) is 18.9 Å². The Hall–Kier alpha value is -1.36. The maximum Gasteiger partial charge on any atom is 0.267 e. The van der Waals surface area contributed by atoms with Gasteiger partial charge in [0.2, 0.25) is 0 Å². The van der Waals surface area contributed by atoms with E-state index >= 15 is 0 Å². The summed E-state index contributed by atoms with van der Waals surface area (Å²) in [6.45, 7) is 3.04. The van der Waals surface area contributed by atoms with E-state index in [-0.39, 0.29) is 5.41 Å². The normalized spacial score (nSPS) is 26.3. The Kier molecular flexibility index (Phi) is 2.86. The number of fused-ring (bicyclic) bond motifs is 2. The fourth-order valence-electron chi connectivity index (χ4n) is 3.25. The van der Waals surface area contributed by atoms with Crippen LogP contribution < -0.4 is 5.73 Å². The Labute approximate surface area is 107 Å². The van der Waals surface area contributed by atoms with Gasteiger partial charge >= 0.3 is 0 Å². The average Bonchev–Trinajstić information content (AvgIpc) is 2.76. The van der Waals surface area contributed by atoms with Crippen LogP contribution in [0.5, 0.6) is 0 Å². The monoisotopic (exact) mass is 249 g/mol. The molecule has 0 atom stereocenters. The van der Waals surface area contributed by atoms with E-state index in [1.54, 1.807) is 0 Å². The smallest absolute Gasteiger partial charge is 0.267 e. The molecule has 2 fully saturated rings. The lowest BCUT2D eigenvalue weighted by atomic mass is 9.84. The third-order valence-electron chi connectivity index (χ3n) is 4.20. The number of amides is 1. The van der Waals surface area contributed by atoms with Crippen LogP contribution in [0.2, 0.25) is 0 Å². The highest BCUT2D eigenvalue weighted by atomic mass is 16.5. The first-order chi connectivity index (χ1) is 8.71. The van der Waals surface area contributed by atoms with Crippen LogP contribution in [0.3, 0.4) is 0 Å². The molecule has 1 saturated heterocycles. The molecule has 0 radical (unpaired) electrons. The van der Waals surface area contributed by atoms with Crippen molar-refractivity contribution in [1.29, 1.82) is 0 Å². The van der Waals surface area contributed by atoms with E-state index in [0.717, 1.165) is 45.0 Å². The van der Waals surface area contributed by atoms with Crippen molar-refractivity contribution in [3.05, 3.63) is 11.8 Å². The molecule has 5 nitrogen and oxygen atoms in total. The predicted octanol–water partition coefficient (Wildman–Crippen LogP) is 0.660. The molecule has 2 N–H and O–H groups in total. The van der Waals surface area contributed by atoms with Crippen LogP contribution in [0.25, 0.3) is 0 Å². The molecule has 2 heterocycles. The summed E-state index contributed by atoms with van der Waals surface area (Å²) in [4.78, 5) is 18.1. The summed E-state index contributed by atoms with van der Waals surface area (Å²) in [6.07, 6.45) is 6.46. The number of nitrogens with two attached hydrogens (primary N) is 1. The number of amidine groups is 1. The van der Waals surface area contributed by atoms with E-state index in [1.165, 1.54) is 12.8 Å². The Morgan fingerprint density at radius 3 is 2.94 bits per heavy atom. The molecule has 1 aliphatic carbocycles. The van der Waals surface area contributed by atoms with E-state index in [2.05, 4.69) is 9.89 Å². The molecule has 1 spiro atoms. The molecule has 5 heteroatoms. The summed E-state index contributed by atoms with van der Waals surface area (Å²) in [7, 11) is 0. The third kappa shape index (κ3) is 1.82. The second-order valence-electron chi connectivity index (χ2n) is 5.38. The number of nitrogens with zero attached hydrogens (tertiary/aromatic N) is 2. The summed E-state index contributed by atoms with van der Waals surface area (Å²) >= 11 is 0. The average molecular weight is 249 g/mol. The summed E-state index contributed by atoms with van der Waals surface area (Å²) < 4.78 is 5.76. The van der Waals surface area contributed by atoms with Gasteiger partial charge in [-0.25, -0.2) is 4.99 Å². The SMILES string of the molecule is NC(=O)C1=CCN2CCOCC3(CCCC3)C2=N1. The first kappa shape index (κ1) is 11.7. The van der Waals surface area contributed by atoms with Gasteiger partial charge < -0.3 is 15.4 Å². The molecule has 0 bridgehead atoms. The highest BCUT2D eigenvalue weighted by Gasteiger charge is 2.44. The zero-order valence-electron chi connectivity index (χ0n) is 10.5. The molecule has 1 amide bonds. The molecule has 0 unspecified atom stereocenters. The molecule has 0 aromatic carbocycles. The van der Waals surface area contributed by atoms with E-state index < -0.39 is 5.91 Å². The number of carbonyl (C=O) groups excluding carboxylic acids is 1. The Morgan fingerprint density at radius 1 is 1.44 bits per heavy atom. The number of rotatable bonds is 1. The first-order valence-electron chi connectivity index (χ1n) is 6.63. The third-order valence-corrected chi connectivity index (χ3v) is 4.20. The van der Waals surface area contributed by atoms with Crippen LogP contribution >= 0.6 is 0 Å². The van der Waals surface area contributed by atoms with E-state index in [0.29, 0.717) is 5.70 Å². The molecule has 0 aromatic rings. The molecule has 18 heavy (non-hydrogen) atoms. The summed E-state index contributed by atoms with van der Waals surface area (Å²) in [5.74, 6) is 0.606. The molecule has 2 aliphatic heterocycles.